The molecular weight excluding hydrogens is 463 g/mol. The van der Waals surface area contributed by atoms with E-state index in [0.717, 1.165) is 0 Å². The summed E-state index contributed by atoms with van der Waals surface area (Å²) in [6.07, 6.45) is 0. The summed E-state index contributed by atoms with van der Waals surface area (Å²) in [6.45, 7) is 19.7. The molecule has 3 aromatic rings. The first-order chi connectivity index (χ1) is 12.6. The van der Waals surface area contributed by atoms with E-state index < -0.39 is 0 Å². The van der Waals surface area contributed by atoms with Crippen LogP contribution in [0, 0.1) is 56.4 Å². The van der Waals surface area contributed by atoms with E-state index >= 15 is 0 Å². The van der Waals surface area contributed by atoms with E-state index in [1.165, 1.54) is 33.4 Å². The summed E-state index contributed by atoms with van der Waals surface area (Å²) in [5.41, 5.74) is 8.48. The smallest absolute Gasteiger partial charge is 0.211 e. The molecule has 0 aliphatic rings. The summed E-state index contributed by atoms with van der Waals surface area (Å²) in [6, 6.07) is 19.8. The van der Waals surface area contributed by atoms with Gasteiger partial charge in [-0.3, -0.25) is 0 Å². The van der Waals surface area contributed by atoms with E-state index in [0.29, 0.717) is 17.8 Å². The van der Waals surface area contributed by atoms with Crippen molar-refractivity contribution in [2.75, 3.05) is 0 Å². The van der Waals surface area contributed by atoms with Gasteiger partial charge in [-0.2, -0.15) is 53.1 Å². The fourth-order valence-corrected chi connectivity index (χ4v) is 2.84. The largest absolute Gasteiger partial charge is 3.00 e. The van der Waals surface area contributed by atoms with Gasteiger partial charge in [-0.25, -0.2) is 34.9 Å². The molecule has 150 valence electrons. The molecule has 28 heavy (non-hydrogen) atoms. The van der Waals surface area contributed by atoms with Crippen molar-refractivity contribution >= 4 is 0 Å². The van der Waals surface area contributed by atoms with Crippen LogP contribution in [0.1, 0.15) is 92.7 Å². The molecule has 0 N–H and O–H groups in total. The van der Waals surface area contributed by atoms with Gasteiger partial charge in [0.25, 0.3) is 0 Å². The normalized spacial score (nSPS) is 10.3. The van der Waals surface area contributed by atoms with Crippen LogP contribution in [0.5, 0.6) is 0 Å². The molecule has 0 nitrogen and oxygen atoms in total. The number of hydrogen-bond acceptors (Lipinski definition) is 0. The van der Waals surface area contributed by atoms with Gasteiger partial charge in [0.15, 0.2) is 0 Å². The molecule has 0 radical (unpaired) electrons. The second-order valence-electron chi connectivity index (χ2n) is 8.63. The number of rotatable bonds is 3. The van der Waals surface area contributed by atoms with Crippen LogP contribution in [0.4, 0.5) is 0 Å². The molecule has 0 bridgehead atoms. The fraction of sp³-hybridized carbons (Fsp3) is 0.444. The molecule has 0 atom stereocenters. The second kappa shape index (κ2) is 13.5. The van der Waals surface area contributed by atoms with E-state index in [9.17, 15) is 0 Å². The molecule has 0 aliphatic carbocycles. The predicted molar refractivity (Wildman–Crippen MR) is 123 cm³/mol. The van der Waals surface area contributed by atoms with E-state index in [4.69, 9.17) is 0 Å². The van der Waals surface area contributed by atoms with E-state index in [1.54, 1.807) is 0 Å². The molecule has 0 saturated heterocycles. The van der Waals surface area contributed by atoms with Gasteiger partial charge < -0.3 is 0 Å². The van der Waals surface area contributed by atoms with Crippen LogP contribution in [0.15, 0.2) is 54.6 Å². The molecule has 0 heterocycles. The maximum Gasteiger partial charge on any atom is 3.00 e. The Kier molecular flexibility index (Phi) is 13.1. The fourth-order valence-electron chi connectivity index (χ4n) is 2.84. The molecular formula is C27H39La. The van der Waals surface area contributed by atoms with Crippen LogP contribution in [-0.4, -0.2) is 0 Å². The molecule has 0 spiro atoms. The number of aryl methyl sites for hydroxylation is 3. The van der Waals surface area contributed by atoms with Gasteiger partial charge in [-0.05, 0) is 0 Å². The van der Waals surface area contributed by atoms with Crippen LogP contribution in [0.3, 0.4) is 0 Å². The van der Waals surface area contributed by atoms with Gasteiger partial charge in [-0.15, -0.1) is 0 Å². The van der Waals surface area contributed by atoms with Gasteiger partial charge >= 0.3 is 35.6 Å². The first-order valence-corrected chi connectivity index (χ1v) is 10.3. The SMILES string of the molecule is Cc1cc[c-](C(C)C)c1.Cc1cc[c-](C(C)C)c1.Cc1cc[c-](C(C)C)c1.[La+3]. The van der Waals surface area contributed by atoms with Crippen molar-refractivity contribution < 1.29 is 35.6 Å². The van der Waals surface area contributed by atoms with Crippen molar-refractivity contribution in [2.24, 2.45) is 0 Å². The van der Waals surface area contributed by atoms with E-state index in [-0.39, 0.29) is 35.6 Å². The Morgan fingerprint density at radius 2 is 0.714 bits per heavy atom. The molecule has 0 unspecified atom stereocenters. The monoisotopic (exact) mass is 502 g/mol. The first-order valence-electron chi connectivity index (χ1n) is 10.3. The van der Waals surface area contributed by atoms with Crippen LogP contribution < -0.4 is 0 Å². The van der Waals surface area contributed by atoms with Crippen molar-refractivity contribution in [3.63, 3.8) is 0 Å². The van der Waals surface area contributed by atoms with Crippen molar-refractivity contribution in [1.82, 2.24) is 0 Å². The van der Waals surface area contributed by atoms with Crippen molar-refractivity contribution in [2.45, 2.75) is 80.1 Å². The Labute approximate surface area is 202 Å². The minimum absolute atomic E-state index is 0. The minimum atomic E-state index is 0. The second-order valence-corrected chi connectivity index (χ2v) is 8.63. The number of hydrogen-bond donors (Lipinski definition) is 0. The van der Waals surface area contributed by atoms with Crippen LogP contribution in [0.2, 0.25) is 0 Å². The molecule has 0 aromatic heterocycles. The van der Waals surface area contributed by atoms with Crippen molar-refractivity contribution in [3.05, 3.63) is 88.0 Å². The molecule has 3 rings (SSSR count). The summed E-state index contributed by atoms with van der Waals surface area (Å²) < 4.78 is 0. The van der Waals surface area contributed by atoms with Crippen LogP contribution >= 0.6 is 0 Å². The average Bonchev–Trinajstić information content (AvgIpc) is 3.30. The molecule has 0 amide bonds. The zero-order chi connectivity index (χ0) is 20.6. The van der Waals surface area contributed by atoms with Crippen LogP contribution in [0.25, 0.3) is 0 Å². The Bertz CT molecular complexity index is 656. The summed E-state index contributed by atoms with van der Waals surface area (Å²) in [7, 11) is 0. The predicted octanol–water partition coefficient (Wildman–Crippen LogP) is 8.51. The van der Waals surface area contributed by atoms with Crippen molar-refractivity contribution in [3.8, 4) is 0 Å². The summed E-state index contributed by atoms with van der Waals surface area (Å²) in [4.78, 5) is 0. The molecule has 3 aromatic carbocycles. The van der Waals surface area contributed by atoms with E-state index in [1.807, 2.05) is 0 Å². The third-order valence-corrected chi connectivity index (χ3v) is 4.80. The van der Waals surface area contributed by atoms with Gasteiger partial charge in [0.1, 0.15) is 0 Å². The standard InChI is InChI=1S/3C9H13.La/c3*1-7(2)9-5-4-8(3)6-9;/h3*4-7H,1-3H3;/q3*-1;+3. The molecule has 1 heteroatoms. The zero-order valence-corrected chi connectivity index (χ0v) is 23.1. The Morgan fingerprint density at radius 3 is 0.786 bits per heavy atom. The summed E-state index contributed by atoms with van der Waals surface area (Å²) in [5, 5.41) is 0. The summed E-state index contributed by atoms with van der Waals surface area (Å²) >= 11 is 0. The Balaban J connectivity index is 0.000000384. The maximum atomic E-state index is 2.24. The quantitative estimate of drug-likeness (QED) is 0.315. The van der Waals surface area contributed by atoms with Crippen LogP contribution in [-0.2, 0) is 0 Å². The average molecular weight is 503 g/mol. The zero-order valence-electron chi connectivity index (χ0n) is 19.5. The summed E-state index contributed by atoms with van der Waals surface area (Å²) in [5.74, 6) is 2.04. The van der Waals surface area contributed by atoms with Gasteiger partial charge in [-0.1, -0.05) is 80.1 Å². The minimum Gasteiger partial charge on any atom is -0.211 e. The van der Waals surface area contributed by atoms with Crippen molar-refractivity contribution in [1.29, 1.82) is 0 Å². The molecule has 0 fully saturated rings. The molecule has 0 aliphatic heterocycles. The Morgan fingerprint density at radius 1 is 0.500 bits per heavy atom. The maximum absolute atomic E-state index is 2.24. The van der Waals surface area contributed by atoms with Gasteiger partial charge in [0, 0.05) is 0 Å². The third-order valence-electron chi connectivity index (χ3n) is 4.80. The van der Waals surface area contributed by atoms with E-state index in [2.05, 4.69) is 117 Å². The van der Waals surface area contributed by atoms with Gasteiger partial charge in [0.2, 0.25) is 0 Å². The van der Waals surface area contributed by atoms with Gasteiger partial charge in [0.05, 0.1) is 0 Å². The Hall–Kier alpha value is -0.755. The third kappa shape index (κ3) is 10.1. The molecule has 0 saturated carbocycles. The first kappa shape index (κ1) is 27.2. The topological polar surface area (TPSA) is 0 Å².